The van der Waals surface area contributed by atoms with Gasteiger partial charge in [-0.05, 0) is 132 Å². The van der Waals surface area contributed by atoms with E-state index in [4.69, 9.17) is 0 Å². The SMILES string of the molecule is CC(C)CCCCCCCCCCC(CCCCCCCCCCC(C)C)(C(=O)O)C(C(=O)O)(C1CC(C)(C)N(C)C(C)(C)C1)C(CC(=O)O)(C(=O)O)C1CC(C)(C)N(C)C(C)(C)C1. The minimum Gasteiger partial charge on any atom is -0.481 e. The molecule has 2 saturated heterocycles. The van der Waals surface area contributed by atoms with Crippen LogP contribution in [-0.2, 0) is 19.2 Å². The fourth-order valence-corrected chi connectivity index (χ4v) is 13.4. The number of likely N-dealkylation sites (tertiary alicyclic amines) is 2. The summed E-state index contributed by atoms with van der Waals surface area (Å²) in [5, 5.41) is 47.9. The molecule has 2 atom stereocenters. The molecule has 2 aliphatic heterocycles. The average Bonchev–Trinajstić information content (AvgIpc) is 3.15. The van der Waals surface area contributed by atoms with Crippen molar-refractivity contribution in [1.82, 2.24) is 9.80 Å². The highest BCUT2D eigenvalue weighted by molar-refractivity contribution is 5.96. The van der Waals surface area contributed by atoms with Crippen LogP contribution in [0.5, 0.6) is 0 Å². The summed E-state index contributed by atoms with van der Waals surface area (Å²) < 4.78 is 0. The molecular formula is C54H100N2O8. The van der Waals surface area contributed by atoms with E-state index < -0.39 is 80.5 Å². The predicted molar refractivity (Wildman–Crippen MR) is 262 cm³/mol. The van der Waals surface area contributed by atoms with Crippen molar-refractivity contribution in [3.05, 3.63) is 0 Å². The molecule has 0 spiro atoms. The molecule has 10 heteroatoms. The minimum absolute atomic E-state index is 0.0138. The van der Waals surface area contributed by atoms with E-state index in [1.54, 1.807) is 0 Å². The van der Waals surface area contributed by atoms with Gasteiger partial charge in [0.25, 0.3) is 0 Å². The van der Waals surface area contributed by atoms with Gasteiger partial charge in [0.15, 0.2) is 0 Å². The lowest BCUT2D eigenvalue weighted by molar-refractivity contribution is -0.241. The first kappa shape index (κ1) is 57.9. The van der Waals surface area contributed by atoms with Crippen LogP contribution in [-0.4, -0.2) is 90.4 Å². The van der Waals surface area contributed by atoms with Crippen LogP contribution in [0.3, 0.4) is 0 Å². The summed E-state index contributed by atoms with van der Waals surface area (Å²) in [7, 11) is 3.99. The maximum atomic E-state index is 15.4. The summed E-state index contributed by atoms with van der Waals surface area (Å²) >= 11 is 0. The van der Waals surface area contributed by atoms with Gasteiger partial charge in [-0.1, -0.05) is 143 Å². The minimum atomic E-state index is -2.48. The molecule has 0 aromatic carbocycles. The fraction of sp³-hybridized carbons (Fsp3) is 0.926. The molecule has 10 nitrogen and oxygen atoms in total. The second-order valence-corrected chi connectivity index (χ2v) is 24.4. The first-order valence-corrected chi connectivity index (χ1v) is 25.9. The van der Waals surface area contributed by atoms with E-state index in [1.165, 1.54) is 38.5 Å². The Kier molecular flexibility index (Phi) is 21.9. The molecule has 0 aromatic rings. The van der Waals surface area contributed by atoms with Crippen molar-refractivity contribution >= 4 is 23.9 Å². The number of carboxylic acids is 4. The predicted octanol–water partition coefficient (Wildman–Crippen LogP) is 13.6. The lowest BCUT2D eigenvalue weighted by atomic mass is 9.37. The Bertz CT molecular complexity index is 1420. The van der Waals surface area contributed by atoms with Crippen molar-refractivity contribution in [3.63, 3.8) is 0 Å². The Labute approximate surface area is 391 Å². The number of aliphatic carboxylic acids is 4. The number of rotatable bonds is 31. The third-order valence-electron chi connectivity index (χ3n) is 17.2. The molecule has 0 radical (unpaired) electrons. The molecule has 0 aliphatic carbocycles. The highest BCUT2D eigenvalue weighted by Gasteiger charge is 2.79. The zero-order valence-corrected chi connectivity index (χ0v) is 43.8. The lowest BCUT2D eigenvalue weighted by Gasteiger charge is -2.66. The molecule has 2 fully saturated rings. The Morgan fingerprint density at radius 3 is 1.03 bits per heavy atom. The topological polar surface area (TPSA) is 156 Å². The zero-order chi connectivity index (χ0) is 49.0. The number of piperidine rings is 2. The fourth-order valence-electron chi connectivity index (χ4n) is 13.4. The second kappa shape index (κ2) is 24.2. The van der Waals surface area contributed by atoms with Crippen LogP contribution in [0.4, 0.5) is 0 Å². The maximum absolute atomic E-state index is 15.4. The molecule has 0 amide bonds. The molecule has 2 unspecified atom stereocenters. The number of nitrogens with zero attached hydrogens (tertiary/aromatic N) is 2. The average molecular weight is 905 g/mol. The van der Waals surface area contributed by atoms with E-state index >= 15 is 4.79 Å². The number of carbonyl (C=O) groups is 4. The van der Waals surface area contributed by atoms with E-state index in [9.17, 15) is 34.8 Å². The Hall–Kier alpha value is -2.20. The molecule has 2 rings (SSSR count). The van der Waals surface area contributed by atoms with Crippen molar-refractivity contribution in [2.24, 2.45) is 39.9 Å². The van der Waals surface area contributed by atoms with Gasteiger partial charge in [-0.15, -0.1) is 0 Å². The Morgan fingerprint density at radius 1 is 0.469 bits per heavy atom. The summed E-state index contributed by atoms with van der Waals surface area (Å²) in [4.78, 5) is 63.3. The number of hydrogen-bond acceptors (Lipinski definition) is 6. The number of unbranched alkanes of at least 4 members (excludes halogenated alkanes) is 14. The van der Waals surface area contributed by atoms with Crippen molar-refractivity contribution in [1.29, 1.82) is 0 Å². The largest absolute Gasteiger partial charge is 0.481 e. The van der Waals surface area contributed by atoms with E-state index in [1.807, 2.05) is 69.5 Å². The van der Waals surface area contributed by atoms with Gasteiger partial charge < -0.3 is 20.4 Å². The standard InChI is InChI=1S/C54H100N2O8/c1-40(2)31-27-23-19-15-17-21-25-29-33-52(45(59)60,34-30-26-22-18-16-20-24-28-32-41(3)4)54(47(63)64,43-37-50(9,10)56(14)51(11,12)38-43)53(46(61)62,39-44(57)58)42-35-48(5,6)55(13)49(7,8)36-42/h40-43H,15-39H2,1-14H3,(H,57,58)(H,59,60)(H,61,62)(H,63,64). The van der Waals surface area contributed by atoms with Crippen molar-refractivity contribution in [3.8, 4) is 0 Å². The number of hydrogen-bond donors (Lipinski definition) is 4. The molecule has 0 aromatic heterocycles. The van der Waals surface area contributed by atoms with Gasteiger partial charge in [0.05, 0.1) is 17.3 Å². The van der Waals surface area contributed by atoms with Gasteiger partial charge in [-0.25, -0.2) is 0 Å². The van der Waals surface area contributed by atoms with Crippen LogP contribution < -0.4 is 0 Å². The highest BCUT2D eigenvalue weighted by Crippen LogP contribution is 2.70. The van der Waals surface area contributed by atoms with Crippen LogP contribution in [0.2, 0.25) is 0 Å². The van der Waals surface area contributed by atoms with Crippen molar-refractivity contribution in [2.45, 2.75) is 266 Å². The van der Waals surface area contributed by atoms with Gasteiger partial charge in [0.1, 0.15) is 5.41 Å². The van der Waals surface area contributed by atoms with E-state index in [2.05, 4.69) is 37.5 Å². The second-order valence-electron chi connectivity index (χ2n) is 24.4. The normalized spacial score (nSPS) is 21.4. The molecular weight excluding hydrogens is 805 g/mol. The Balaban J connectivity index is 2.94. The van der Waals surface area contributed by atoms with Crippen molar-refractivity contribution < 1.29 is 39.6 Å². The molecule has 2 aliphatic rings. The van der Waals surface area contributed by atoms with Gasteiger partial charge in [-0.3, -0.25) is 29.0 Å². The molecule has 0 saturated carbocycles. The van der Waals surface area contributed by atoms with Gasteiger partial charge in [-0.2, -0.15) is 0 Å². The summed E-state index contributed by atoms with van der Waals surface area (Å²) in [6.45, 7) is 25.2. The van der Waals surface area contributed by atoms with Crippen molar-refractivity contribution in [2.75, 3.05) is 14.1 Å². The molecule has 374 valence electrons. The van der Waals surface area contributed by atoms with E-state index in [0.29, 0.717) is 37.5 Å². The summed E-state index contributed by atoms with van der Waals surface area (Å²) in [6.07, 6.45) is 17.6. The van der Waals surface area contributed by atoms with Gasteiger partial charge >= 0.3 is 23.9 Å². The highest BCUT2D eigenvalue weighted by atomic mass is 16.4. The molecule has 4 N–H and O–H groups in total. The van der Waals surface area contributed by atoms with Crippen LogP contribution in [0.1, 0.15) is 244 Å². The van der Waals surface area contributed by atoms with Gasteiger partial charge in [0, 0.05) is 22.2 Å². The van der Waals surface area contributed by atoms with Crippen LogP contribution in [0.15, 0.2) is 0 Å². The van der Waals surface area contributed by atoms with E-state index in [-0.39, 0.29) is 38.5 Å². The quantitative estimate of drug-likeness (QED) is 0.0494. The monoisotopic (exact) mass is 905 g/mol. The van der Waals surface area contributed by atoms with E-state index in [0.717, 1.165) is 51.4 Å². The maximum Gasteiger partial charge on any atom is 0.312 e. The van der Waals surface area contributed by atoms with Crippen LogP contribution in [0.25, 0.3) is 0 Å². The third kappa shape index (κ3) is 13.7. The van der Waals surface area contributed by atoms with Gasteiger partial charge in [0.2, 0.25) is 0 Å². The lowest BCUT2D eigenvalue weighted by Crippen LogP contribution is -2.74. The first-order chi connectivity index (χ1) is 29.5. The summed E-state index contributed by atoms with van der Waals surface area (Å²) in [5.74, 6) is -6.18. The zero-order valence-electron chi connectivity index (χ0n) is 43.8. The summed E-state index contributed by atoms with van der Waals surface area (Å²) in [6, 6.07) is 0. The molecule has 64 heavy (non-hydrogen) atoms. The third-order valence-corrected chi connectivity index (χ3v) is 17.2. The Morgan fingerprint density at radius 2 is 0.766 bits per heavy atom. The summed E-state index contributed by atoms with van der Waals surface area (Å²) in [5.41, 5.74) is -9.60. The van der Waals surface area contributed by atoms with Crippen LogP contribution >= 0.6 is 0 Å². The van der Waals surface area contributed by atoms with Crippen LogP contribution in [0, 0.1) is 39.9 Å². The smallest absolute Gasteiger partial charge is 0.312 e. The molecule has 0 bridgehead atoms. The number of carboxylic acid groups (broad SMARTS) is 4. The first-order valence-electron chi connectivity index (χ1n) is 25.9. The molecule has 2 heterocycles.